The van der Waals surface area contributed by atoms with Gasteiger partial charge in [-0.15, -0.1) is 5.10 Å². The number of nitriles is 1. The molecule has 11 nitrogen and oxygen atoms in total. The second kappa shape index (κ2) is 10.5. The van der Waals surface area contributed by atoms with Gasteiger partial charge < -0.3 is 24.8 Å². The number of nitrogens with two attached hydrogens (primary N) is 1. The first kappa shape index (κ1) is 26.8. The van der Waals surface area contributed by atoms with Crippen LogP contribution in [0.5, 0.6) is 11.6 Å². The first-order valence-corrected chi connectivity index (χ1v) is 13.6. The normalized spacial score (nSPS) is 18.7. The lowest BCUT2D eigenvalue weighted by Gasteiger charge is -2.56. The second-order valence-electron chi connectivity index (χ2n) is 11.2. The summed E-state index contributed by atoms with van der Waals surface area (Å²) < 4.78 is 18.3. The second-order valence-corrected chi connectivity index (χ2v) is 11.2. The Morgan fingerprint density at radius 2 is 1.90 bits per heavy atom. The maximum atomic E-state index is 9.80. The largest absolute Gasteiger partial charge is 0.489 e. The van der Waals surface area contributed by atoms with Crippen molar-refractivity contribution < 1.29 is 14.2 Å². The van der Waals surface area contributed by atoms with Crippen molar-refractivity contribution in [3.05, 3.63) is 60.0 Å². The molecule has 3 saturated heterocycles. The Bertz CT molecular complexity index is 1580. The minimum Gasteiger partial charge on any atom is -0.489 e. The summed E-state index contributed by atoms with van der Waals surface area (Å²) in [5.74, 6) is 2.34. The van der Waals surface area contributed by atoms with Crippen molar-refractivity contribution in [1.29, 1.82) is 5.26 Å². The van der Waals surface area contributed by atoms with E-state index in [0.717, 1.165) is 36.6 Å². The Labute approximate surface area is 239 Å². The van der Waals surface area contributed by atoms with Crippen LogP contribution < -0.4 is 20.1 Å². The molecule has 7 rings (SSSR count). The fourth-order valence-electron chi connectivity index (χ4n) is 5.60. The Kier molecular flexibility index (Phi) is 6.89. The van der Waals surface area contributed by atoms with E-state index in [9.17, 15) is 5.26 Å². The minimum atomic E-state index is -0.463. The van der Waals surface area contributed by atoms with Crippen LogP contribution in [0.3, 0.4) is 0 Å². The lowest BCUT2D eigenvalue weighted by Crippen LogP contribution is -2.68. The number of anilines is 2. The van der Waals surface area contributed by atoms with Gasteiger partial charge in [-0.2, -0.15) is 5.26 Å². The number of nitrogens with zero attached hydrogens (tertiary/aromatic N) is 7. The highest BCUT2D eigenvalue weighted by molar-refractivity contribution is 5.88. The van der Waals surface area contributed by atoms with Crippen molar-refractivity contribution in [3.63, 3.8) is 0 Å². The number of piperidine rings is 1. The van der Waals surface area contributed by atoms with E-state index in [1.165, 1.54) is 12.0 Å². The third-order valence-corrected chi connectivity index (χ3v) is 8.08. The van der Waals surface area contributed by atoms with Crippen LogP contribution in [0.15, 0.2) is 48.9 Å². The van der Waals surface area contributed by atoms with E-state index in [1.54, 1.807) is 24.9 Å². The average Bonchev–Trinajstić information content (AvgIpc) is 3.33. The van der Waals surface area contributed by atoms with Gasteiger partial charge in [0.15, 0.2) is 5.82 Å². The van der Waals surface area contributed by atoms with Crippen molar-refractivity contribution >= 4 is 17.2 Å². The van der Waals surface area contributed by atoms with Gasteiger partial charge in [0.05, 0.1) is 24.4 Å². The summed E-state index contributed by atoms with van der Waals surface area (Å²) in [5.41, 5.74) is 9.40. The maximum Gasteiger partial charge on any atom is 0.212 e. The van der Waals surface area contributed by atoms with Crippen LogP contribution in [0.1, 0.15) is 31.4 Å². The summed E-state index contributed by atoms with van der Waals surface area (Å²) >= 11 is 0. The van der Waals surface area contributed by atoms with Gasteiger partial charge in [0.2, 0.25) is 5.88 Å². The monoisotopic (exact) mass is 554 g/mol. The Morgan fingerprint density at radius 1 is 1.10 bits per heavy atom. The smallest absolute Gasteiger partial charge is 0.212 e. The predicted octanol–water partition coefficient (Wildman–Crippen LogP) is 3.52. The number of aromatic nitrogens is 4. The van der Waals surface area contributed by atoms with Gasteiger partial charge in [-0.25, -0.2) is 14.5 Å². The number of piperazine rings is 1. The number of methoxy groups -OCH3 is 2. The maximum absolute atomic E-state index is 9.80. The topological polar surface area (TPSA) is 127 Å². The van der Waals surface area contributed by atoms with Gasteiger partial charge in [0.1, 0.15) is 29.8 Å². The molecule has 0 aliphatic carbocycles. The molecule has 0 aromatic carbocycles. The van der Waals surface area contributed by atoms with Crippen LogP contribution in [0, 0.1) is 11.3 Å². The highest BCUT2D eigenvalue weighted by atomic mass is 16.5. The molecule has 4 aromatic heterocycles. The molecular formula is C30H34N8O3. The first-order valence-electron chi connectivity index (χ1n) is 13.6. The summed E-state index contributed by atoms with van der Waals surface area (Å²) in [6.07, 6.45) is 6.67. The van der Waals surface area contributed by atoms with E-state index in [1.807, 2.05) is 50.5 Å². The molecule has 41 heavy (non-hydrogen) atoms. The van der Waals surface area contributed by atoms with Crippen molar-refractivity contribution in [3.8, 4) is 28.8 Å². The molecule has 4 aromatic rings. The lowest BCUT2D eigenvalue weighted by molar-refractivity contribution is -0.0147. The number of ether oxygens (including phenoxy) is 3. The van der Waals surface area contributed by atoms with E-state index in [-0.39, 0.29) is 5.82 Å². The summed E-state index contributed by atoms with van der Waals surface area (Å²) in [7, 11) is 3.28. The molecule has 0 radical (unpaired) electrons. The fourth-order valence-corrected chi connectivity index (χ4v) is 5.60. The molecule has 3 aliphatic heterocycles. The van der Waals surface area contributed by atoms with Gasteiger partial charge in [0.25, 0.3) is 0 Å². The molecule has 212 valence electrons. The number of hydrogen-bond acceptors (Lipinski definition) is 10. The Hall–Kier alpha value is -4.40. The minimum absolute atomic E-state index is 0.176. The quantitative estimate of drug-likeness (QED) is 0.328. The molecule has 3 aliphatic rings. The van der Waals surface area contributed by atoms with Crippen LogP contribution in [0.25, 0.3) is 16.6 Å². The summed E-state index contributed by atoms with van der Waals surface area (Å²) in [4.78, 5) is 14.1. The van der Waals surface area contributed by atoms with Crippen molar-refractivity contribution in [2.75, 3.05) is 44.5 Å². The number of nitrogen functional groups attached to an aromatic ring is 1. The summed E-state index contributed by atoms with van der Waals surface area (Å²) in [6.45, 7) is 6.98. The van der Waals surface area contributed by atoms with E-state index >= 15 is 0 Å². The third kappa shape index (κ3) is 5.12. The van der Waals surface area contributed by atoms with Gasteiger partial charge in [0, 0.05) is 68.4 Å². The molecule has 11 heteroatoms. The van der Waals surface area contributed by atoms with Crippen molar-refractivity contribution in [1.82, 2.24) is 24.5 Å². The van der Waals surface area contributed by atoms with E-state index < -0.39 is 5.60 Å². The number of hydrogen-bond donors (Lipinski definition) is 1. The number of fused-ring (bicyclic) bond motifs is 3. The molecule has 2 N–H and O–H groups in total. The number of rotatable bonds is 9. The van der Waals surface area contributed by atoms with E-state index in [4.69, 9.17) is 24.9 Å². The van der Waals surface area contributed by atoms with Crippen LogP contribution >= 0.6 is 0 Å². The number of pyridine rings is 3. The first-order chi connectivity index (χ1) is 19.8. The van der Waals surface area contributed by atoms with Crippen molar-refractivity contribution in [2.45, 2.75) is 44.5 Å². The lowest BCUT2D eigenvalue weighted by atomic mass is 9.87. The van der Waals surface area contributed by atoms with Crippen LogP contribution in [0.2, 0.25) is 0 Å². The zero-order valence-corrected chi connectivity index (χ0v) is 23.7. The highest BCUT2D eigenvalue weighted by Gasteiger charge is 2.44. The standard InChI is InChI=1S/C30H34N8O3/c1-30(2,40-4)18-41-23-10-24(28-25(11-31)29(32)35-38(28)17-23)20-6-7-26(33-13-20)36-15-21-9-22(16-36)37(21)14-19-5-8-27(39-3)34-12-19/h5-8,10,12-13,17,21-22H,9,14-16,18H2,1-4H3,(H2,32,35). The fraction of sp³-hybridized carbons (Fsp3) is 0.400. The van der Waals surface area contributed by atoms with Gasteiger partial charge in [-0.05, 0) is 44.0 Å². The van der Waals surface area contributed by atoms with Gasteiger partial charge in [-0.3, -0.25) is 4.90 Å². The molecule has 3 fully saturated rings. The van der Waals surface area contributed by atoms with Crippen LogP contribution in [0.4, 0.5) is 11.6 Å². The Morgan fingerprint density at radius 3 is 2.54 bits per heavy atom. The molecule has 2 unspecified atom stereocenters. The molecule has 2 bridgehead atoms. The SMILES string of the molecule is COc1ccc(CN2C3CC2CN(c2ccc(-c4cc(OCC(C)(C)OC)cn5nc(N)c(C#N)c45)cn2)C3)cn1. The Balaban J connectivity index is 1.21. The molecule has 7 heterocycles. The molecule has 0 amide bonds. The van der Waals surface area contributed by atoms with Crippen molar-refractivity contribution in [2.24, 2.45) is 0 Å². The summed E-state index contributed by atoms with van der Waals surface area (Å²) in [5, 5.41) is 14.2. The zero-order valence-electron chi connectivity index (χ0n) is 23.7. The predicted molar refractivity (Wildman–Crippen MR) is 155 cm³/mol. The third-order valence-electron chi connectivity index (χ3n) is 8.08. The van der Waals surface area contributed by atoms with Crippen LogP contribution in [-0.4, -0.2) is 76.1 Å². The molecule has 0 saturated carbocycles. The van der Waals surface area contributed by atoms with E-state index in [2.05, 4.69) is 32.0 Å². The van der Waals surface area contributed by atoms with Gasteiger partial charge in [-0.1, -0.05) is 6.07 Å². The highest BCUT2D eigenvalue weighted by Crippen LogP contribution is 2.37. The molecule has 0 spiro atoms. The van der Waals surface area contributed by atoms with Gasteiger partial charge >= 0.3 is 0 Å². The van der Waals surface area contributed by atoms with E-state index in [0.29, 0.717) is 41.4 Å². The average molecular weight is 555 g/mol. The van der Waals surface area contributed by atoms with Crippen LogP contribution in [-0.2, 0) is 11.3 Å². The molecular weight excluding hydrogens is 520 g/mol. The zero-order chi connectivity index (χ0) is 28.7. The molecule has 2 atom stereocenters. The summed E-state index contributed by atoms with van der Waals surface area (Å²) in [6, 6.07) is 13.1.